The van der Waals surface area contributed by atoms with Gasteiger partial charge in [0.1, 0.15) is 10.9 Å². The number of halogens is 2. The predicted molar refractivity (Wildman–Crippen MR) is 82.5 cm³/mol. The van der Waals surface area contributed by atoms with Crippen molar-refractivity contribution in [2.75, 3.05) is 11.9 Å². The third-order valence-electron chi connectivity index (χ3n) is 2.48. The van der Waals surface area contributed by atoms with Crippen LogP contribution in [0.1, 0.15) is 17.3 Å². The van der Waals surface area contributed by atoms with Crippen molar-refractivity contribution in [3.8, 4) is 5.75 Å². The van der Waals surface area contributed by atoms with Gasteiger partial charge in [-0.25, -0.2) is 4.98 Å². The van der Waals surface area contributed by atoms with Crippen LogP contribution in [-0.4, -0.2) is 17.5 Å². The molecule has 0 bridgehead atoms. The van der Waals surface area contributed by atoms with Gasteiger partial charge in [-0.15, -0.1) is 0 Å². The lowest BCUT2D eigenvalue weighted by molar-refractivity contribution is 0.102. The number of carbonyl (C=O) groups excluding carboxylic acids is 1. The van der Waals surface area contributed by atoms with Crippen molar-refractivity contribution in [1.29, 1.82) is 0 Å². The summed E-state index contributed by atoms with van der Waals surface area (Å²) in [6.45, 7) is 2.50. The molecule has 0 aliphatic rings. The second-order valence-corrected chi connectivity index (χ2v) is 5.12. The molecule has 1 amide bonds. The quantitative estimate of drug-likeness (QED) is 0.838. The summed E-state index contributed by atoms with van der Waals surface area (Å²) < 4.78 is 5.95. The summed E-state index contributed by atoms with van der Waals surface area (Å²) >= 11 is 9.05. The molecule has 104 valence electrons. The molecule has 0 radical (unpaired) electrons. The van der Waals surface area contributed by atoms with Crippen LogP contribution in [0.3, 0.4) is 0 Å². The number of benzene rings is 1. The van der Waals surface area contributed by atoms with Crippen molar-refractivity contribution in [2.24, 2.45) is 0 Å². The minimum atomic E-state index is -0.218. The van der Waals surface area contributed by atoms with Crippen molar-refractivity contribution in [3.05, 3.63) is 51.7 Å². The van der Waals surface area contributed by atoms with Gasteiger partial charge in [-0.2, -0.15) is 0 Å². The highest BCUT2D eigenvalue weighted by Crippen LogP contribution is 2.23. The van der Waals surface area contributed by atoms with E-state index in [1.54, 1.807) is 30.3 Å². The van der Waals surface area contributed by atoms with Crippen molar-refractivity contribution >= 4 is 39.1 Å². The van der Waals surface area contributed by atoms with Gasteiger partial charge in [0.2, 0.25) is 0 Å². The number of hydrogen-bond donors (Lipinski definition) is 1. The molecular weight excluding hydrogens is 344 g/mol. The minimum absolute atomic E-state index is 0.218. The zero-order valence-corrected chi connectivity index (χ0v) is 13.0. The maximum atomic E-state index is 12.1. The fraction of sp³-hybridized carbons (Fsp3) is 0.143. The van der Waals surface area contributed by atoms with E-state index in [-0.39, 0.29) is 5.91 Å². The van der Waals surface area contributed by atoms with Crippen LogP contribution < -0.4 is 10.1 Å². The van der Waals surface area contributed by atoms with Crippen molar-refractivity contribution in [1.82, 2.24) is 4.98 Å². The lowest BCUT2D eigenvalue weighted by Gasteiger charge is -2.07. The van der Waals surface area contributed by atoms with E-state index in [0.717, 1.165) is 5.75 Å². The normalized spacial score (nSPS) is 10.2. The Bertz CT molecular complexity index is 617. The standard InChI is InChI=1S/C14H12BrClN2O2/c1-2-20-11-5-3-9(4-6-11)14(19)18-10-7-12(15)13(16)17-8-10/h3-8H,2H2,1H3,(H,18,19). The second kappa shape index (κ2) is 6.72. The molecule has 2 aromatic rings. The number of aromatic nitrogens is 1. The van der Waals surface area contributed by atoms with E-state index in [2.05, 4.69) is 26.2 Å². The molecule has 4 nitrogen and oxygen atoms in total. The Morgan fingerprint density at radius 1 is 1.40 bits per heavy atom. The van der Waals surface area contributed by atoms with E-state index < -0.39 is 0 Å². The summed E-state index contributed by atoms with van der Waals surface area (Å²) in [7, 11) is 0. The summed E-state index contributed by atoms with van der Waals surface area (Å²) in [6.07, 6.45) is 1.50. The number of nitrogens with one attached hydrogen (secondary N) is 1. The number of rotatable bonds is 4. The smallest absolute Gasteiger partial charge is 0.255 e. The Kier molecular flexibility index (Phi) is 4.98. The third-order valence-corrected chi connectivity index (χ3v) is 3.62. The van der Waals surface area contributed by atoms with Crippen LogP contribution in [0.2, 0.25) is 5.15 Å². The summed E-state index contributed by atoms with van der Waals surface area (Å²) in [5.74, 6) is 0.518. The molecule has 0 fully saturated rings. The molecule has 1 N–H and O–H groups in total. The van der Waals surface area contributed by atoms with Crippen LogP contribution in [0.4, 0.5) is 5.69 Å². The summed E-state index contributed by atoms with van der Waals surface area (Å²) in [4.78, 5) is 16.0. The van der Waals surface area contributed by atoms with Gasteiger partial charge in [0.05, 0.1) is 23.0 Å². The monoisotopic (exact) mass is 354 g/mol. The van der Waals surface area contributed by atoms with Gasteiger partial charge in [0.15, 0.2) is 0 Å². The largest absolute Gasteiger partial charge is 0.494 e. The zero-order valence-electron chi connectivity index (χ0n) is 10.7. The number of amides is 1. The number of hydrogen-bond acceptors (Lipinski definition) is 3. The molecule has 6 heteroatoms. The first-order chi connectivity index (χ1) is 9.60. The van der Waals surface area contributed by atoms with Crippen LogP contribution in [0, 0.1) is 0 Å². The molecule has 0 saturated carbocycles. The molecule has 0 aliphatic carbocycles. The van der Waals surface area contributed by atoms with Gasteiger partial charge in [-0.3, -0.25) is 4.79 Å². The van der Waals surface area contributed by atoms with Crippen LogP contribution in [-0.2, 0) is 0 Å². The Hall–Kier alpha value is -1.59. The zero-order chi connectivity index (χ0) is 14.5. The molecule has 1 aromatic carbocycles. The first-order valence-electron chi connectivity index (χ1n) is 5.95. The molecule has 1 heterocycles. The second-order valence-electron chi connectivity index (χ2n) is 3.91. The fourth-order valence-corrected chi connectivity index (χ4v) is 2.01. The number of nitrogens with zero attached hydrogens (tertiary/aromatic N) is 1. The molecule has 20 heavy (non-hydrogen) atoms. The van der Waals surface area contributed by atoms with Gasteiger partial charge in [0, 0.05) is 5.56 Å². The van der Waals surface area contributed by atoms with Gasteiger partial charge < -0.3 is 10.1 Å². The number of carbonyl (C=O) groups is 1. The van der Waals surface area contributed by atoms with Gasteiger partial charge in [0.25, 0.3) is 5.91 Å². The third kappa shape index (κ3) is 3.71. The van der Waals surface area contributed by atoms with Crippen molar-refractivity contribution in [2.45, 2.75) is 6.92 Å². The Balaban J connectivity index is 2.09. The predicted octanol–water partition coefficient (Wildman–Crippen LogP) is 4.15. The van der Waals surface area contributed by atoms with Crippen LogP contribution >= 0.6 is 27.5 Å². The van der Waals surface area contributed by atoms with Gasteiger partial charge in [-0.05, 0) is 53.2 Å². The lowest BCUT2D eigenvalue weighted by Crippen LogP contribution is -2.12. The number of anilines is 1. The molecule has 0 spiro atoms. The lowest BCUT2D eigenvalue weighted by atomic mass is 10.2. The summed E-state index contributed by atoms with van der Waals surface area (Å²) in [5, 5.41) is 3.10. The van der Waals surface area contributed by atoms with E-state index in [9.17, 15) is 4.79 Å². The first kappa shape index (κ1) is 14.8. The highest BCUT2D eigenvalue weighted by molar-refractivity contribution is 9.10. The van der Waals surface area contributed by atoms with Crippen molar-refractivity contribution in [3.63, 3.8) is 0 Å². The molecule has 0 saturated heterocycles. The number of ether oxygens (including phenoxy) is 1. The average molecular weight is 356 g/mol. The topological polar surface area (TPSA) is 51.2 Å². The molecule has 1 aromatic heterocycles. The van der Waals surface area contributed by atoms with E-state index in [0.29, 0.717) is 27.5 Å². The van der Waals surface area contributed by atoms with E-state index in [1.807, 2.05) is 6.92 Å². The highest BCUT2D eigenvalue weighted by Gasteiger charge is 2.08. The van der Waals surface area contributed by atoms with E-state index in [1.165, 1.54) is 6.20 Å². The minimum Gasteiger partial charge on any atom is -0.494 e. The SMILES string of the molecule is CCOc1ccc(C(=O)Nc2cnc(Cl)c(Br)c2)cc1. The maximum Gasteiger partial charge on any atom is 0.255 e. The first-order valence-corrected chi connectivity index (χ1v) is 7.12. The summed E-state index contributed by atoms with van der Waals surface area (Å²) in [5.41, 5.74) is 1.11. The highest BCUT2D eigenvalue weighted by atomic mass is 79.9. The number of pyridine rings is 1. The Morgan fingerprint density at radius 3 is 2.70 bits per heavy atom. The molecule has 2 rings (SSSR count). The molecule has 0 atom stereocenters. The van der Waals surface area contributed by atoms with E-state index >= 15 is 0 Å². The molecule has 0 unspecified atom stereocenters. The Morgan fingerprint density at radius 2 is 2.10 bits per heavy atom. The maximum absolute atomic E-state index is 12.1. The van der Waals surface area contributed by atoms with E-state index in [4.69, 9.17) is 16.3 Å². The van der Waals surface area contributed by atoms with Crippen LogP contribution in [0.5, 0.6) is 5.75 Å². The molecular formula is C14H12BrClN2O2. The van der Waals surface area contributed by atoms with Gasteiger partial charge >= 0.3 is 0 Å². The van der Waals surface area contributed by atoms with Crippen LogP contribution in [0.15, 0.2) is 41.0 Å². The van der Waals surface area contributed by atoms with Crippen molar-refractivity contribution < 1.29 is 9.53 Å². The fourth-order valence-electron chi connectivity index (χ4n) is 1.56. The molecule has 0 aliphatic heterocycles. The van der Waals surface area contributed by atoms with Gasteiger partial charge in [-0.1, -0.05) is 11.6 Å². The average Bonchev–Trinajstić information content (AvgIpc) is 2.44. The van der Waals surface area contributed by atoms with Crippen LogP contribution in [0.25, 0.3) is 0 Å². The summed E-state index contributed by atoms with van der Waals surface area (Å²) in [6, 6.07) is 8.63. The Labute approximate surface area is 130 Å².